The molecule has 0 aliphatic heterocycles. The zero-order valence-electron chi connectivity index (χ0n) is 16.3. The number of imidazole rings is 1. The maximum absolute atomic E-state index is 15.6. The van der Waals surface area contributed by atoms with Gasteiger partial charge in [-0.15, -0.1) is 11.3 Å². The molecule has 0 fully saturated rings. The summed E-state index contributed by atoms with van der Waals surface area (Å²) < 4.78 is 15.6. The molecule has 6 aromatic rings. The lowest BCUT2D eigenvalue weighted by atomic mass is 10.0. The first-order valence-corrected chi connectivity index (χ1v) is 10.5. The van der Waals surface area contributed by atoms with Gasteiger partial charge in [-0.1, -0.05) is 6.07 Å². The minimum Gasteiger partial charge on any atom is -0.335 e. The van der Waals surface area contributed by atoms with Gasteiger partial charge in [0.2, 0.25) is 0 Å². The quantitative estimate of drug-likeness (QED) is 0.378. The summed E-state index contributed by atoms with van der Waals surface area (Å²) in [6.45, 7) is 2.07. The molecule has 6 rings (SSSR count). The fourth-order valence-corrected chi connectivity index (χ4v) is 4.70. The third kappa shape index (κ3) is 2.83. The minimum absolute atomic E-state index is 0.364. The average molecular weight is 426 g/mol. The highest BCUT2D eigenvalue weighted by molar-refractivity contribution is 7.15. The first-order valence-electron chi connectivity index (χ1n) is 9.68. The lowest BCUT2D eigenvalue weighted by Gasteiger charge is -2.04. The van der Waals surface area contributed by atoms with Crippen molar-refractivity contribution in [1.29, 1.82) is 0 Å². The van der Waals surface area contributed by atoms with Gasteiger partial charge >= 0.3 is 0 Å². The Kier molecular flexibility index (Phi) is 3.94. The van der Waals surface area contributed by atoms with Crippen LogP contribution in [0.4, 0.5) is 4.39 Å². The smallest absolute Gasteiger partial charge is 0.178 e. The van der Waals surface area contributed by atoms with E-state index in [4.69, 9.17) is 0 Å². The van der Waals surface area contributed by atoms with Gasteiger partial charge in [0.05, 0.1) is 16.4 Å². The normalized spacial score (nSPS) is 11.5. The summed E-state index contributed by atoms with van der Waals surface area (Å²) in [5.41, 5.74) is 4.58. The van der Waals surface area contributed by atoms with Crippen molar-refractivity contribution in [2.75, 3.05) is 0 Å². The molecule has 0 radical (unpaired) electrons. The lowest BCUT2D eigenvalue weighted by Crippen LogP contribution is -1.89. The van der Waals surface area contributed by atoms with Crippen molar-refractivity contribution >= 4 is 33.4 Å². The number of nitrogens with one attached hydrogen (secondary N) is 2. The molecular formula is C23H15FN6S. The molecule has 0 atom stereocenters. The van der Waals surface area contributed by atoms with Crippen LogP contribution in [0.25, 0.3) is 55.2 Å². The maximum Gasteiger partial charge on any atom is 0.178 e. The largest absolute Gasteiger partial charge is 0.335 e. The summed E-state index contributed by atoms with van der Waals surface area (Å²) in [4.78, 5) is 18.8. The van der Waals surface area contributed by atoms with Crippen LogP contribution >= 0.6 is 11.3 Å². The first-order chi connectivity index (χ1) is 15.2. The first kappa shape index (κ1) is 17.9. The number of nitrogens with zero attached hydrogens (tertiary/aromatic N) is 4. The van der Waals surface area contributed by atoms with Crippen LogP contribution in [0.15, 0.2) is 61.1 Å². The van der Waals surface area contributed by atoms with Crippen LogP contribution in [0.2, 0.25) is 0 Å². The number of halogens is 1. The number of rotatable bonds is 3. The highest BCUT2D eigenvalue weighted by Gasteiger charge is 2.20. The van der Waals surface area contributed by atoms with Gasteiger partial charge in [-0.2, -0.15) is 5.10 Å². The highest BCUT2D eigenvalue weighted by Crippen LogP contribution is 2.36. The van der Waals surface area contributed by atoms with Gasteiger partial charge in [0, 0.05) is 45.0 Å². The Hall–Kier alpha value is -3.91. The number of hydrogen-bond acceptors (Lipinski definition) is 5. The number of pyridine rings is 2. The molecule has 0 spiro atoms. The molecule has 6 nitrogen and oxygen atoms in total. The zero-order chi connectivity index (χ0) is 20.9. The lowest BCUT2D eigenvalue weighted by molar-refractivity contribution is 0.643. The Bertz CT molecular complexity index is 1560. The Morgan fingerprint density at radius 2 is 1.94 bits per heavy atom. The number of hydrogen-bond donors (Lipinski definition) is 2. The Labute approximate surface area is 179 Å². The van der Waals surface area contributed by atoms with Crippen molar-refractivity contribution in [2.45, 2.75) is 6.92 Å². The molecule has 0 saturated heterocycles. The second kappa shape index (κ2) is 6.82. The van der Waals surface area contributed by atoms with E-state index in [2.05, 4.69) is 49.2 Å². The van der Waals surface area contributed by atoms with E-state index in [-0.39, 0.29) is 5.82 Å². The summed E-state index contributed by atoms with van der Waals surface area (Å²) in [6, 6.07) is 13.3. The van der Waals surface area contributed by atoms with E-state index in [1.165, 1.54) is 4.88 Å². The second-order valence-corrected chi connectivity index (χ2v) is 8.50. The molecule has 5 heterocycles. The van der Waals surface area contributed by atoms with Crippen molar-refractivity contribution in [2.24, 2.45) is 0 Å². The molecular weight excluding hydrogens is 411 g/mol. The maximum atomic E-state index is 15.6. The van der Waals surface area contributed by atoms with Crippen LogP contribution in [0, 0.1) is 12.7 Å². The van der Waals surface area contributed by atoms with Gasteiger partial charge in [0.25, 0.3) is 0 Å². The number of thiophene rings is 1. The van der Waals surface area contributed by atoms with E-state index in [1.807, 2.05) is 18.2 Å². The van der Waals surface area contributed by atoms with Gasteiger partial charge in [0.15, 0.2) is 11.5 Å². The van der Waals surface area contributed by atoms with Crippen molar-refractivity contribution in [3.05, 3.63) is 71.7 Å². The molecule has 8 heteroatoms. The van der Waals surface area contributed by atoms with E-state index < -0.39 is 0 Å². The molecule has 1 aromatic carbocycles. The predicted octanol–water partition coefficient (Wildman–Crippen LogP) is 5.74. The van der Waals surface area contributed by atoms with Crippen LogP contribution in [0.1, 0.15) is 4.88 Å². The van der Waals surface area contributed by atoms with Gasteiger partial charge in [-0.25, -0.2) is 14.4 Å². The molecule has 0 amide bonds. The van der Waals surface area contributed by atoms with Crippen molar-refractivity contribution in [3.8, 4) is 33.1 Å². The topological polar surface area (TPSA) is 83.1 Å². The Morgan fingerprint density at radius 1 is 1.00 bits per heavy atom. The van der Waals surface area contributed by atoms with Gasteiger partial charge < -0.3 is 4.98 Å². The number of fused-ring (bicyclic) bond motifs is 2. The van der Waals surface area contributed by atoms with E-state index in [9.17, 15) is 0 Å². The molecule has 0 aliphatic carbocycles. The van der Waals surface area contributed by atoms with Crippen LogP contribution in [-0.4, -0.2) is 30.1 Å². The summed E-state index contributed by atoms with van der Waals surface area (Å²) in [7, 11) is 0. The van der Waals surface area contributed by atoms with Crippen molar-refractivity contribution < 1.29 is 4.39 Å². The third-order valence-electron chi connectivity index (χ3n) is 5.26. The SMILES string of the molecule is Cc1ccc(-c2ccnc3nc(-c4n[nH]c5ccc(-c6cccnc6)c(F)c45)[nH]c23)s1. The molecule has 150 valence electrons. The number of aromatic nitrogens is 6. The summed E-state index contributed by atoms with van der Waals surface area (Å²) in [5.74, 6) is 0.105. The summed E-state index contributed by atoms with van der Waals surface area (Å²) in [6.07, 6.45) is 5.04. The molecule has 0 bridgehead atoms. The van der Waals surface area contributed by atoms with Gasteiger partial charge in [-0.3, -0.25) is 10.1 Å². The van der Waals surface area contributed by atoms with Crippen molar-refractivity contribution in [3.63, 3.8) is 0 Å². The van der Waals surface area contributed by atoms with Crippen LogP contribution in [-0.2, 0) is 0 Å². The molecule has 2 N–H and O–H groups in total. The number of aryl methyl sites for hydroxylation is 1. The summed E-state index contributed by atoms with van der Waals surface area (Å²) in [5, 5.41) is 7.66. The third-order valence-corrected chi connectivity index (χ3v) is 6.30. The fraction of sp³-hybridized carbons (Fsp3) is 0.0435. The van der Waals surface area contributed by atoms with E-state index in [0.29, 0.717) is 39.2 Å². The van der Waals surface area contributed by atoms with Crippen LogP contribution in [0.3, 0.4) is 0 Å². The standard InChI is InChI=1S/C23H15FN6S/c1-12-4-7-17(31-12)15-8-10-26-22-20(15)27-23(28-22)21-18-16(29-30-21)6-5-14(19(18)24)13-3-2-9-25-11-13/h2-11H,1H3,(H,29,30)(H,26,27,28). The molecule has 0 aliphatic rings. The van der Waals surface area contributed by atoms with Gasteiger partial charge in [-0.05, 0) is 43.3 Å². The van der Waals surface area contributed by atoms with Crippen LogP contribution in [0.5, 0.6) is 0 Å². The van der Waals surface area contributed by atoms with E-state index in [0.717, 1.165) is 16.0 Å². The Morgan fingerprint density at radius 3 is 2.74 bits per heavy atom. The number of benzene rings is 1. The van der Waals surface area contributed by atoms with E-state index >= 15 is 4.39 Å². The molecule has 5 aromatic heterocycles. The Balaban J connectivity index is 1.56. The summed E-state index contributed by atoms with van der Waals surface area (Å²) >= 11 is 1.70. The van der Waals surface area contributed by atoms with Gasteiger partial charge in [0.1, 0.15) is 11.5 Å². The predicted molar refractivity (Wildman–Crippen MR) is 120 cm³/mol. The highest BCUT2D eigenvalue weighted by atomic mass is 32.1. The number of aromatic amines is 2. The zero-order valence-corrected chi connectivity index (χ0v) is 17.2. The minimum atomic E-state index is -0.364. The average Bonchev–Trinajstić information content (AvgIpc) is 3.52. The van der Waals surface area contributed by atoms with E-state index in [1.54, 1.807) is 42.1 Å². The second-order valence-electron chi connectivity index (χ2n) is 7.22. The molecule has 31 heavy (non-hydrogen) atoms. The van der Waals surface area contributed by atoms with Crippen molar-refractivity contribution in [1.82, 2.24) is 30.1 Å². The molecule has 0 unspecified atom stereocenters. The molecule has 0 saturated carbocycles. The monoisotopic (exact) mass is 426 g/mol. The fourth-order valence-electron chi connectivity index (χ4n) is 3.80. The van der Waals surface area contributed by atoms with Crippen LogP contribution < -0.4 is 0 Å². The number of H-pyrrole nitrogens is 2.